The summed E-state index contributed by atoms with van der Waals surface area (Å²) in [6, 6.07) is 0. The van der Waals surface area contributed by atoms with Gasteiger partial charge in [0.2, 0.25) is 0 Å². The number of hydrogen-bond donors (Lipinski definition) is 0. The van der Waals surface area contributed by atoms with Gasteiger partial charge in [0, 0.05) is 7.11 Å². The summed E-state index contributed by atoms with van der Waals surface area (Å²) in [6.45, 7) is 12.2. The van der Waals surface area contributed by atoms with Crippen LogP contribution in [0.15, 0.2) is 0 Å². The second-order valence-corrected chi connectivity index (χ2v) is 4.55. The van der Waals surface area contributed by atoms with Crippen molar-refractivity contribution in [3.63, 3.8) is 0 Å². The predicted octanol–water partition coefficient (Wildman–Crippen LogP) is 3.10. The molecule has 0 aliphatic carbocycles. The first-order chi connectivity index (χ1) is 4.87. The fourth-order valence-corrected chi connectivity index (χ4v) is 1.03. The van der Waals surface area contributed by atoms with Crippen molar-refractivity contribution in [2.45, 2.75) is 41.0 Å². The van der Waals surface area contributed by atoms with Crippen molar-refractivity contribution in [1.82, 2.24) is 0 Å². The largest absolute Gasteiger partial charge is 0.384 e. The van der Waals surface area contributed by atoms with Gasteiger partial charge in [0.25, 0.3) is 0 Å². The van der Waals surface area contributed by atoms with Crippen molar-refractivity contribution in [3.8, 4) is 0 Å². The molecule has 0 saturated heterocycles. The lowest BCUT2D eigenvalue weighted by molar-refractivity contribution is 0.0104. The van der Waals surface area contributed by atoms with Crippen LogP contribution in [0.1, 0.15) is 41.0 Å². The van der Waals surface area contributed by atoms with Crippen LogP contribution in [0.25, 0.3) is 0 Å². The van der Waals surface area contributed by atoms with Gasteiger partial charge < -0.3 is 4.74 Å². The first-order valence-corrected chi connectivity index (χ1v) is 4.36. The molecule has 68 valence electrons. The van der Waals surface area contributed by atoms with Crippen LogP contribution in [0, 0.1) is 10.8 Å². The zero-order valence-electron chi connectivity index (χ0n) is 8.82. The fraction of sp³-hybridized carbons (Fsp3) is 1.00. The lowest BCUT2D eigenvalue weighted by Crippen LogP contribution is -2.35. The van der Waals surface area contributed by atoms with Crippen molar-refractivity contribution in [3.05, 3.63) is 0 Å². The molecule has 0 rings (SSSR count). The average Bonchev–Trinajstić information content (AvgIpc) is 1.87. The summed E-state index contributed by atoms with van der Waals surface area (Å²) in [5.74, 6) is 0. The van der Waals surface area contributed by atoms with Gasteiger partial charge in [-0.1, -0.05) is 41.0 Å². The van der Waals surface area contributed by atoms with E-state index in [2.05, 4.69) is 34.6 Å². The van der Waals surface area contributed by atoms with Gasteiger partial charge in [-0.3, -0.25) is 0 Å². The van der Waals surface area contributed by atoms with Crippen LogP contribution in [0.4, 0.5) is 0 Å². The average molecular weight is 158 g/mol. The summed E-state index contributed by atoms with van der Waals surface area (Å²) in [4.78, 5) is 0. The van der Waals surface area contributed by atoms with E-state index < -0.39 is 0 Å². The SMILES string of the molecule is CCC(C)(C)C(C)(C)COC. The zero-order chi connectivity index (χ0) is 9.12. The third-order valence-corrected chi connectivity index (χ3v) is 3.22. The normalized spacial score (nSPS) is 13.6. The molecular formula is C10H22O. The smallest absolute Gasteiger partial charge is 0.0518 e. The standard InChI is InChI=1S/C10H22O/c1-7-9(2,3)10(4,5)8-11-6/h7-8H2,1-6H3. The minimum Gasteiger partial charge on any atom is -0.384 e. The molecule has 0 bridgehead atoms. The molecular weight excluding hydrogens is 136 g/mol. The highest BCUT2D eigenvalue weighted by atomic mass is 16.5. The maximum Gasteiger partial charge on any atom is 0.0518 e. The fourth-order valence-electron chi connectivity index (χ4n) is 1.03. The van der Waals surface area contributed by atoms with E-state index in [0.29, 0.717) is 5.41 Å². The Labute approximate surface area is 71.1 Å². The van der Waals surface area contributed by atoms with Gasteiger partial charge in [-0.15, -0.1) is 0 Å². The molecule has 0 N–H and O–H groups in total. The van der Waals surface area contributed by atoms with E-state index in [4.69, 9.17) is 4.74 Å². The lowest BCUT2D eigenvalue weighted by Gasteiger charge is -2.40. The molecule has 0 radical (unpaired) electrons. The van der Waals surface area contributed by atoms with Gasteiger partial charge >= 0.3 is 0 Å². The van der Waals surface area contributed by atoms with Crippen LogP contribution in [-0.2, 0) is 4.74 Å². The van der Waals surface area contributed by atoms with E-state index in [-0.39, 0.29) is 5.41 Å². The van der Waals surface area contributed by atoms with Gasteiger partial charge in [-0.05, 0) is 10.8 Å². The molecule has 0 fully saturated rings. The summed E-state index contributed by atoms with van der Waals surface area (Å²) in [6.07, 6.45) is 1.20. The van der Waals surface area contributed by atoms with Crippen molar-refractivity contribution < 1.29 is 4.74 Å². The molecule has 1 nitrogen and oxygen atoms in total. The number of hydrogen-bond acceptors (Lipinski definition) is 1. The third-order valence-electron chi connectivity index (χ3n) is 3.22. The van der Waals surface area contributed by atoms with E-state index in [1.165, 1.54) is 6.42 Å². The molecule has 0 aliphatic rings. The van der Waals surface area contributed by atoms with Gasteiger partial charge in [0.05, 0.1) is 6.61 Å². The quantitative estimate of drug-likeness (QED) is 0.611. The topological polar surface area (TPSA) is 9.23 Å². The van der Waals surface area contributed by atoms with Gasteiger partial charge in [-0.25, -0.2) is 0 Å². The Balaban J connectivity index is 4.26. The minimum absolute atomic E-state index is 0.274. The molecule has 0 aromatic rings. The summed E-state index contributed by atoms with van der Waals surface area (Å²) in [5.41, 5.74) is 0.638. The maximum absolute atomic E-state index is 5.19. The molecule has 0 aromatic heterocycles. The van der Waals surface area contributed by atoms with Crippen molar-refractivity contribution in [2.24, 2.45) is 10.8 Å². The summed E-state index contributed by atoms with van der Waals surface area (Å²) >= 11 is 0. The Morgan fingerprint density at radius 1 is 1.00 bits per heavy atom. The summed E-state index contributed by atoms with van der Waals surface area (Å²) < 4.78 is 5.19. The van der Waals surface area contributed by atoms with Crippen LogP contribution < -0.4 is 0 Å². The highest BCUT2D eigenvalue weighted by Gasteiger charge is 2.34. The minimum atomic E-state index is 0.274. The third kappa shape index (κ3) is 2.48. The van der Waals surface area contributed by atoms with Crippen LogP contribution >= 0.6 is 0 Å². The Hall–Kier alpha value is -0.0400. The Morgan fingerprint density at radius 3 is 1.73 bits per heavy atom. The molecule has 0 aromatic carbocycles. The molecule has 0 heterocycles. The molecule has 0 spiro atoms. The lowest BCUT2D eigenvalue weighted by atomic mass is 9.67. The number of ether oxygens (including phenoxy) is 1. The maximum atomic E-state index is 5.19. The number of rotatable bonds is 4. The van der Waals surface area contributed by atoms with E-state index in [1.54, 1.807) is 7.11 Å². The second-order valence-electron chi connectivity index (χ2n) is 4.55. The zero-order valence-corrected chi connectivity index (χ0v) is 8.82. The molecule has 0 atom stereocenters. The molecule has 0 unspecified atom stereocenters. The molecule has 0 saturated carbocycles. The Kier molecular flexibility index (Phi) is 3.56. The Morgan fingerprint density at radius 2 is 1.45 bits per heavy atom. The summed E-state index contributed by atoms with van der Waals surface area (Å²) in [5, 5.41) is 0. The van der Waals surface area contributed by atoms with Crippen LogP contribution in [0.5, 0.6) is 0 Å². The van der Waals surface area contributed by atoms with Gasteiger partial charge in [0.15, 0.2) is 0 Å². The summed E-state index contributed by atoms with van der Waals surface area (Å²) in [7, 11) is 1.77. The monoisotopic (exact) mass is 158 g/mol. The van der Waals surface area contributed by atoms with Crippen molar-refractivity contribution in [1.29, 1.82) is 0 Å². The second kappa shape index (κ2) is 3.57. The predicted molar refractivity (Wildman–Crippen MR) is 49.7 cm³/mol. The van der Waals surface area contributed by atoms with Crippen LogP contribution in [0.2, 0.25) is 0 Å². The van der Waals surface area contributed by atoms with Crippen molar-refractivity contribution in [2.75, 3.05) is 13.7 Å². The van der Waals surface area contributed by atoms with Crippen molar-refractivity contribution >= 4 is 0 Å². The highest BCUT2D eigenvalue weighted by molar-refractivity contribution is 4.84. The first kappa shape index (κ1) is 11.0. The van der Waals surface area contributed by atoms with Gasteiger partial charge in [-0.2, -0.15) is 0 Å². The highest BCUT2D eigenvalue weighted by Crippen LogP contribution is 2.40. The molecule has 1 heteroatoms. The molecule has 11 heavy (non-hydrogen) atoms. The van der Waals surface area contributed by atoms with E-state index in [9.17, 15) is 0 Å². The first-order valence-electron chi connectivity index (χ1n) is 4.36. The van der Waals surface area contributed by atoms with E-state index in [1.807, 2.05) is 0 Å². The number of methoxy groups -OCH3 is 1. The van der Waals surface area contributed by atoms with Crippen LogP contribution in [-0.4, -0.2) is 13.7 Å². The van der Waals surface area contributed by atoms with E-state index >= 15 is 0 Å². The van der Waals surface area contributed by atoms with Gasteiger partial charge in [0.1, 0.15) is 0 Å². The Bertz CT molecular complexity index is 114. The molecule has 0 amide bonds. The van der Waals surface area contributed by atoms with E-state index in [0.717, 1.165) is 6.61 Å². The van der Waals surface area contributed by atoms with Crippen LogP contribution in [0.3, 0.4) is 0 Å². The molecule has 0 aliphatic heterocycles.